The van der Waals surface area contributed by atoms with Crippen LogP contribution in [-0.4, -0.2) is 83.9 Å². The van der Waals surface area contributed by atoms with Gasteiger partial charge in [0, 0.05) is 16.6 Å². The van der Waals surface area contributed by atoms with Gasteiger partial charge in [0.2, 0.25) is 11.9 Å². The SMILES string of the molecule is COc1ccc2c(C)nc(Nc3nc(C)c(C)c(=O)[nH]3)nc2c1S[C@H]1O[C@@H](CO)[C@H](O)[C@@H](O)[C@@H]1O. The van der Waals surface area contributed by atoms with E-state index in [4.69, 9.17) is 9.47 Å². The first kappa shape index (κ1) is 25.3. The lowest BCUT2D eigenvalue weighted by molar-refractivity contribution is -0.205. The van der Waals surface area contributed by atoms with Gasteiger partial charge in [-0.3, -0.25) is 15.1 Å². The van der Waals surface area contributed by atoms with Gasteiger partial charge in [0.15, 0.2) is 0 Å². The maximum absolute atomic E-state index is 12.1. The Hall–Kier alpha value is -2.81. The molecule has 0 amide bonds. The number of aliphatic hydroxyl groups excluding tert-OH is 4. The Balaban J connectivity index is 1.77. The summed E-state index contributed by atoms with van der Waals surface area (Å²) < 4.78 is 11.2. The summed E-state index contributed by atoms with van der Waals surface area (Å²) in [7, 11) is 1.48. The molecule has 0 spiro atoms. The molecule has 188 valence electrons. The van der Waals surface area contributed by atoms with E-state index in [1.165, 1.54) is 7.11 Å². The Labute approximate surface area is 204 Å². The summed E-state index contributed by atoms with van der Waals surface area (Å²) in [5, 5.41) is 44.0. The number of anilines is 2. The molecule has 1 fully saturated rings. The van der Waals surface area contributed by atoms with Crippen LogP contribution < -0.4 is 15.6 Å². The van der Waals surface area contributed by atoms with Crippen LogP contribution in [0.15, 0.2) is 21.8 Å². The van der Waals surface area contributed by atoms with Gasteiger partial charge >= 0.3 is 0 Å². The van der Waals surface area contributed by atoms with Gasteiger partial charge in [0.25, 0.3) is 5.56 Å². The van der Waals surface area contributed by atoms with Crippen molar-refractivity contribution >= 4 is 34.6 Å². The number of fused-ring (bicyclic) bond motifs is 1. The van der Waals surface area contributed by atoms with Crippen molar-refractivity contribution in [1.29, 1.82) is 0 Å². The second-order valence-corrected chi connectivity index (χ2v) is 9.30. The van der Waals surface area contributed by atoms with Crippen LogP contribution in [0.1, 0.15) is 17.0 Å². The van der Waals surface area contributed by atoms with E-state index in [0.717, 1.165) is 11.8 Å². The molecule has 5 atom stereocenters. The summed E-state index contributed by atoms with van der Waals surface area (Å²) >= 11 is 1.04. The second-order valence-electron chi connectivity index (χ2n) is 8.19. The minimum atomic E-state index is -1.51. The Kier molecular flexibility index (Phi) is 7.26. The van der Waals surface area contributed by atoms with Gasteiger partial charge in [-0.25, -0.2) is 15.0 Å². The van der Waals surface area contributed by atoms with Gasteiger partial charge in [-0.05, 0) is 32.9 Å². The maximum Gasteiger partial charge on any atom is 0.255 e. The summed E-state index contributed by atoms with van der Waals surface area (Å²) in [6, 6.07) is 3.52. The van der Waals surface area contributed by atoms with E-state index in [2.05, 4.69) is 25.3 Å². The smallest absolute Gasteiger partial charge is 0.255 e. The van der Waals surface area contributed by atoms with E-state index in [1.807, 2.05) is 0 Å². The number of hydrogen-bond donors (Lipinski definition) is 6. The number of nitrogens with zero attached hydrogens (tertiary/aromatic N) is 3. The van der Waals surface area contributed by atoms with Crippen molar-refractivity contribution in [1.82, 2.24) is 19.9 Å². The van der Waals surface area contributed by atoms with Crippen LogP contribution in [-0.2, 0) is 4.74 Å². The van der Waals surface area contributed by atoms with Gasteiger partial charge in [-0.15, -0.1) is 0 Å². The van der Waals surface area contributed by atoms with E-state index < -0.39 is 36.5 Å². The molecule has 4 rings (SSSR count). The average Bonchev–Trinajstić information content (AvgIpc) is 2.83. The molecule has 0 unspecified atom stereocenters. The van der Waals surface area contributed by atoms with Crippen molar-refractivity contribution < 1.29 is 29.9 Å². The van der Waals surface area contributed by atoms with Crippen molar-refractivity contribution in [2.45, 2.75) is 55.5 Å². The molecule has 1 aromatic carbocycles. The third kappa shape index (κ3) is 4.83. The highest BCUT2D eigenvalue weighted by molar-refractivity contribution is 8.00. The number of aryl methyl sites for hydroxylation is 2. The Morgan fingerprint density at radius 1 is 1.09 bits per heavy atom. The van der Waals surface area contributed by atoms with E-state index in [-0.39, 0.29) is 17.5 Å². The molecule has 3 aromatic rings. The fraction of sp³-hybridized carbons (Fsp3) is 0.455. The number of hydrogen-bond acceptors (Lipinski definition) is 12. The third-order valence-corrected chi connectivity index (χ3v) is 7.16. The first-order chi connectivity index (χ1) is 16.6. The predicted molar refractivity (Wildman–Crippen MR) is 128 cm³/mol. The quantitative estimate of drug-likeness (QED) is 0.269. The van der Waals surface area contributed by atoms with Gasteiger partial charge < -0.3 is 29.9 Å². The summed E-state index contributed by atoms with van der Waals surface area (Å²) in [5.41, 5.74) is 0.852. The van der Waals surface area contributed by atoms with Gasteiger partial charge in [0.1, 0.15) is 35.6 Å². The molecule has 1 aliphatic heterocycles. The topological polar surface area (TPSA) is 183 Å². The number of benzene rings is 1. The molecule has 0 bridgehead atoms. The van der Waals surface area contributed by atoms with Crippen molar-refractivity contribution in [3.8, 4) is 5.75 Å². The van der Waals surface area contributed by atoms with Crippen LogP contribution >= 0.6 is 11.8 Å². The number of H-pyrrole nitrogens is 1. The lowest BCUT2D eigenvalue weighted by Crippen LogP contribution is -2.57. The highest BCUT2D eigenvalue weighted by Crippen LogP contribution is 2.42. The number of aliphatic hydroxyl groups is 4. The fourth-order valence-electron chi connectivity index (χ4n) is 3.73. The minimum absolute atomic E-state index is 0.172. The summed E-state index contributed by atoms with van der Waals surface area (Å²) in [4.78, 5) is 28.7. The standard InChI is InChI=1S/C22H27N5O7S/c1-8-9(2)23-22(26-19(8)32)27-21-24-10(3)11-5-6-12(33-4)18(14(11)25-21)35-20-17(31)16(30)15(29)13(7-28)34-20/h5-6,13,15-17,20,28-31H,7H2,1-4H3,(H2,23,24,25,26,27,32)/t13-,15-,16+,17-,20+/m0/s1. The zero-order valence-electron chi connectivity index (χ0n) is 19.5. The van der Waals surface area contributed by atoms with E-state index in [1.54, 1.807) is 32.9 Å². The molecule has 12 nitrogen and oxygen atoms in total. The molecule has 35 heavy (non-hydrogen) atoms. The lowest BCUT2D eigenvalue weighted by atomic mass is 10.0. The molecule has 2 aromatic heterocycles. The first-order valence-electron chi connectivity index (χ1n) is 10.8. The van der Waals surface area contributed by atoms with Crippen molar-refractivity contribution in [3.05, 3.63) is 39.4 Å². The lowest BCUT2D eigenvalue weighted by Gasteiger charge is -2.39. The maximum atomic E-state index is 12.1. The fourth-order valence-corrected chi connectivity index (χ4v) is 4.99. The second kappa shape index (κ2) is 10.0. The van der Waals surface area contributed by atoms with Crippen molar-refractivity contribution in [3.63, 3.8) is 0 Å². The van der Waals surface area contributed by atoms with Gasteiger partial charge in [-0.2, -0.15) is 0 Å². The Morgan fingerprint density at radius 3 is 2.49 bits per heavy atom. The van der Waals surface area contributed by atoms with Crippen LogP contribution in [0.4, 0.5) is 11.9 Å². The number of methoxy groups -OCH3 is 1. The normalized spacial score (nSPS) is 24.5. The molecular formula is C22H27N5O7S. The first-order valence-corrected chi connectivity index (χ1v) is 11.7. The van der Waals surface area contributed by atoms with E-state index >= 15 is 0 Å². The molecule has 3 heterocycles. The summed E-state index contributed by atoms with van der Waals surface area (Å²) in [5.74, 6) is 0.786. The monoisotopic (exact) mass is 505 g/mol. The molecular weight excluding hydrogens is 478 g/mol. The van der Waals surface area contributed by atoms with Crippen LogP contribution in [0, 0.1) is 20.8 Å². The van der Waals surface area contributed by atoms with E-state index in [9.17, 15) is 25.2 Å². The average molecular weight is 506 g/mol. The number of nitrogens with one attached hydrogen (secondary N) is 2. The number of rotatable bonds is 6. The number of aromatic nitrogens is 4. The molecule has 0 radical (unpaired) electrons. The third-order valence-electron chi connectivity index (χ3n) is 5.90. The van der Waals surface area contributed by atoms with Crippen molar-refractivity contribution in [2.24, 2.45) is 0 Å². The van der Waals surface area contributed by atoms with Crippen molar-refractivity contribution in [2.75, 3.05) is 19.0 Å². The number of ether oxygens (including phenoxy) is 2. The zero-order valence-corrected chi connectivity index (χ0v) is 20.3. The molecule has 0 aliphatic carbocycles. The summed E-state index contributed by atoms with van der Waals surface area (Å²) in [6.07, 6.45) is -5.47. The Bertz CT molecular complexity index is 1300. The molecule has 0 saturated carbocycles. The molecule has 1 aliphatic rings. The highest BCUT2D eigenvalue weighted by Gasteiger charge is 2.44. The molecule has 13 heteroatoms. The predicted octanol–water partition coefficient (Wildman–Crippen LogP) is 0.283. The molecule has 1 saturated heterocycles. The van der Waals surface area contributed by atoms with Crippen LogP contribution in [0.3, 0.4) is 0 Å². The van der Waals surface area contributed by atoms with Crippen LogP contribution in [0.25, 0.3) is 10.9 Å². The zero-order chi connectivity index (χ0) is 25.4. The Morgan fingerprint density at radius 2 is 1.83 bits per heavy atom. The van der Waals surface area contributed by atoms with Crippen LogP contribution in [0.2, 0.25) is 0 Å². The van der Waals surface area contributed by atoms with Gasteiger partial charge in [-0.1, -0.05) is 11.8 Å². The molecule has 6 N–H and O–H groups in total. The number of thioether (sulfide) groups is 1. The van der Waals surface area contributed by atoms with Crippen LogP contribution in [0.5, 0.6) is 5.75 Å². The highest BCUT2D eigenvalue weighted by atomic mass is 32.2. The van der Waals surface area contributed by atoms with Gasteiger partial charge in [0.05, 0.1) is 29.8 Å². The van der Waals surface area contributed by atoms with E-state index in [0.29, 0.717) is 38.5 Å². The largest absolute Gasteiger partial charge is 0.496 e. The minimum Gasteiger partial charge on any atom is -0.496 e. The number of aromatic amines is 1. The summed E-state index contributed by atoms with van der Waals surface area (Å²) in [6.45, 7) is 4.66.